The fourth-order valence-electron chi connectivity index (χ4n) is 7.22. The van der Waals surface area contributed by atoms with Crippen LogP contribution in [0.4, 0.5) is 0 Å². The van der Waals surface area contributed by atoms with Gasteiger partial charge in [0, 0.05) is 60.7 Å². The zero-order chi connectivity index (χ0) is 39.2. The second-order valence-electron chi connectivity index (χ2n) is 16.4. The predicted molar refractivity (Wildman–Crippen MR) is 232 cm³/mol. The Hall–Kier alpha value is -6.66. The van der Waals surface area contributed by atoms with Gasteiger partial charge in [0.1, 0.15) is 0 Å². The van der Waals surface area contributed by atoms with Crippen LogP contribution in [0.5, 0.6) is 0 Å². The van der Waals surface area contributed by atoms with Crippen molar-refractivity contribution in [1.82, 2.24) is 19.9 Å². The summed E-state index contributed by atoms with van der Waals surface area (Å²) in [6, 6.07) is 38.9. The van der Waals surface area contributed by atoms with E-state index in [-0.39, 0.29) is 11.6 Å². The van der Waals surface area contributed by atoms with Crippen LogP contribution < -0.4 is 0 Å². The standard InChI is InChI=1S/C50H44N4O2/c1-49(2,3)43(55)30-34(48(56)50(4,5)6)47-41-28-26-39(53-41)45(32-18-12-8-13-19-32)37-24-22-35(51-37)44(31-16-10-7-11-17-31)36-23-25-38(52-36)46(33-20-14-9-15-21-33)40-27-29-42(47)54-40/h7-30,51,54H,1-6H3/b34-30-,44-35?,44-36?,45-37?,45-39?,46-38?,46-40?,47-41?,47-42?. The normalized spacial score (nSPS) is 12.9. The molecule has 276 valence electrons. The molecule has 2 N–H and O–H groups in total. The number of aromatic amines is 2. The average molecular weight is 733 g/mol. The molecule has 6 nitrogen and oxygen atoms in total. The number of rotatable bonds is 6. The van der Waals surface area contributed by atoms with E-state index >= 15 is 0 Å². The van der Waals surface area contributed by atoms with Gasteiger partial charge in [-0.1, -0.05) is 133 Å². The molecule has 0 fully saturated rings. The Balaban J connectivity index is 1.59. The van der Waals surface area contributed by atoms with Crippen LogP contribution in [0, 0.1) is 10.8 Å². The molecule has 0 unspecified atom stereocenters. The molecule has 0 atom stereocenters. The van der Waals surface area contributed by atoms with E-state index in [0.29, 0.717) is 22.3 Å². The van der Waals surface area contributed by atoms with Crippen molar-refractivity contribution in [1.29, 1.82) is 0 Å². The fourth-order valence-corrected chi connectivity index (χ4v) is 7.22. The molecular formula is C50H44N4O2. The number of hydrogen-bond acceptors (Lipinski definition) is 4. The Morgan fingerprint density at radius 2 is 0.821 bits per heavy atom. The molecule has 0 saturated carbocycles. The van der Waals surface area contributed by atoms with Crippen LogP contribution in [0.3, 0.4) is 0 Å². The quantitative estimate of drug-likeness (QED) is 0.167. The lowest BCUT2D eigenvalue weighted by molar-refractivity contribution is -0.122. The lowest BCUT2D eigenvalue weighted by Gasteiger charge is -2.21. The summed E-state index contributed by atoms with van der Waals surface area (Å²) in [7, 11) is 0. The largest absolute Gasteiger partial charge is 0.354 e. The molecule has 2 aliphatic heterocycles. The van der Waals surface area contributed by atoms with Crippen molar-refractivity contribution in [2.45, 2.75) is 41.5 Å². The monoisotopic (exact) mass is 732 g/mol. The van der Waals surface area contributed by atoms with Gasteiger partial charge in [0.25, 0.3) is 0 Å². The van der Waals surface area contributed by atoms with Crippen LogP contribution in [0.25, 0.3) is 85.3 Å². The number of benzene rings is 3. The first-order valence-corrected chi connectivity index (χ1v) is 19.0. The maximum atomic E-state index is 14.6. The van der Waals surface area contributed by atoms with Gasteiger partial charge in [-0.15, -0.1) is 0 Å². The molecule has 8 bridgehead atoms. The minimum atomic E-state index is -0.789. The van der Waals surface area contributed by atoms with Crippen molar-refractivity contribution < 1.29 is 9.59 Å². The summed E-state index contributed by atoms with van der Waals surface area (Å²) in [4.78, 5) is 46.6. The van der Waals surface area contributed by atoms with Crippen molar-refractivity contribution >= 4 is 63.5 Å². The Kier molecular flexibility index (Phi) is 9.21. The van der Waals surface area contributed by atoms with E-state index in [2.05, 4.69) is 70.7 Å². The number of nitrogens with one attached hydrogen (secondary N) is 2. The van der Waals surface area contributed by atoms with E-state index < -0.39 is 10.8 Å². The number of fused-ring (bicyclic) bond motifs is 8. The van der Waals surface area contributed by atoms with Crippen LogP contribution in [0.15, 0.2) is 121 Å². The number of ketones is 2. The highest BCUT2D eigenvalue weighted by atomic mass is 16.1. The topological polar surface area (TPSA) is 91.5 Å². The van der Waals surface area contributed by atoms with Crippen LogP contribution in [-0.2, 0) is 9.59 Å². The van der Waals surface area contributed by atoms with E-state index in [1.165, 1.54) is 6.08 Å². The van der Waals surface area contributed by atoms with Gasteiger partial charge in [0.2, 0.25) is 0 Å². The fraction of sp³-hybridized carbons (Fsp3) is 0.160. The number of nitrogens with zero attached hydrogens (tertiary/aromatic N) is 2. The Bertz CT molecular complexity index is 2730. The van der Waals surface area contributed by atoms with Crippen molar-refractivity contribution in [2.75, 3.05) is 0 Å². The van der Waals surface area contributed by atoms with Crippen molar-refractivity contribution in [3.05, 3.63) is 150 Å². The first kappa shape index (κ1) is 36.3. The Labute approximate surface area is 327 Å². The molecule has 3 aromatic heterocycles. The summed E-state index contributed by atoms with van der Waals surface area (Å²) in [6.07, 6.45) is 9.63. The summed E-state index contributed by atoms with van der Waals surface area (Å²) in [5.74, 6) is -0.297. The van der Waals surface area contributed by atoms with Crippen LogP contribution >= 0.6 is 0 Å². The molecule has 0 radical (unpaired) electrons. The molecule has 6 aromatic rings. The second kappa shape index (κ2) is 14.2. The first-order valence-electron chi connectivity index (χ1n) is 19.0. The summed E-state index contributed by atoms with van der Waals surface area (Å²) in [6.45, 7) is 11.3. The highest BCUT2D eigenvalue weighted by Crippen LogP contribution is 2.39. The van der Waals surface area contributed by atoms with Gasteiger partial charge in [0.05, 0.1) is 22.8 Å². The smallest absolute Gasteiger partial charge is 0.169 e. The zero-order valence-corrected chi connectivity index (χ0v) is 32.6. The summed E-state index contributed by atoms with van der Waals surface area (Å²) < 4.78 is 0. The number of carbonyl (C=O) groups excluding carboxylic acids is 2. The molecule has 0 aliphatic carbocycles. The highest BCUT2D eigenvalue weighted by Gasteiger charge is 2.31. The molecule has 3 aromatic carbocycles. The third-order valence-corrected chi connectivity index (χ3v) is 10.2. The third-order valence-electron chi connectivity index (χ3n) is 10.2. The molecule has 2 aliphatic rings. The Morgan fingerprint density at radius 1 is 0.464 bits per heavy atom. The summed E-state index contributed by atoms with van der Waals surface area (Å²) >= 11 is 0. The summed E-state index contributed by atoms with van der Waals surface area (Å²) in [5, 5.41) is 0. The molecule has 56 heavy (non-hydrogen) atoms. The van der Waals surface area contributed by atoms with Gasteiger partial charge >= 0.3 is 0 Å². The zero-order valence-electron chi connectivity index (χ0n) is 32.6. The number of H-pyrrole nitrogens is 2. The van der Waals surface area contributed by atoms with E-state index in [4.69, 9.17) is 9.97 Å². The number of allylic oxidation sites excluding steroid dienone is 2. The van der Waals surface area contributed by atoms with Gasteiger partial charge < -0.3 is 9.97 Å². The minimum Gasteiger partial charge on any atom is -0.354 e. The molecule has 0 spiro atoms. The lowest BCUT2D eigenvalue weighted by Crippen LogP contribution is -2.24. The van der Waals surface area contributed by atoms with Gasteiger partial charge in [-0.3, -0.25) is 9.59 Å². The van der Waals surface area contributed by atoms with Gasteiger partial charge in [0.15, 0.2) is 11.6 Å². The molecular weight excluding hydrogens is 689 g/mol. The van der Waals surface area contributed by atoms with Gasteiger partial charge in [-0.2, -0.15) is 0 Å². The SMILES string of the molecule is CC(C)(C)C(=O)/C=C(\C(=O)C(C)(C)C)c1c2nc(c(-c3ccccc3)c3ccc([nH]3)c(-c3ccccc3)c3nc(c(-c4ccccc4)c4ccc1[nH]4)C=C3)C=C2. The van der Waals surface area contributed by atoms with E-state index in [0.717, 1.165) is 67.0 Å². The molecule has 6 heteroatoms. The van der Waals surface area contributed by atoms with Gasteiger partial charge in [-0.25, -0.2) is 9.97 Å². The maximum Gasteiger partial charge on any atom is 0.169 e. The Morgan fingerprint density at radius 3 is 1.21 bits per heavy atom. The number of hydrogen-bond donors (Lipinski definition) is 2. The van der Waals surface area contributed by atoms with Crippen molar-refractivity contribution in [2.24, 2.45) is 10.8 Å². The second-order valence-corrected chi connectivity index (χ2v) is 16.4. The maximum absolute atomic E-state index is 14.6. The number of aromatic nitrogens is 4. The average Bonchev–Trinajstić information content (AvgIpc) is 4.02. The van der Waals surface area contributed by atoms with Crippen molar-refractivity contribution in [3.8, 4) is 33.4 Å². The lowest BCUT2D eigenvalue weighted by atomic mass is 9.80. The van der Waals surface area contributed by atoms with Crippen LogP contribution in [0.2, 0.25) is 0 Å². The van der Waals surface area contributed by atoms with E-state index in [9.17, 15) is 9.59 Å². The minimum absolute atomic E-state index is 0.144. The highest BCUT2D eigenvalue weighted by molar-refractivity contribution is 6.29. The van der Waals surface area contributed by atoms with Crippen molar-refractivity contribution in [3.63, 3.8) is 0 Å². The van der Waals surface area contributed by atoms with Crippen LogP contribution in [-0.4, -0.2) is 31.5 Å². The third kappa shape index (κ3) is 6.90. The molecule has 5 heterocycles. The first-order chi connectivity index (χ1) is 26.9. The predicted octanol–water partition coefficient (Wildman–Crippen LogP) is 12.3. The molecule has 8 rings (SSSR count). The van der Waals surface area contributed by atoms with Gasteiger partial charge in [-0.05, 0) is 71.3 Å². The van der Waals surface area contributed by atoms with E-state index in [1.54, 1.807) is 0 Å². The van der Waals surface area contributed by atoms with E-state index in [1.807, 2.05) is 120 Å². The molecule has 0 saturated heterocycles. The number of Topliss-reactive ketones (excluding diaryl/α,β-unsaturated/α-hetero) is 1. The summed E-state index contributed by atoms with van der Waals surface area (Å²) in [5.41, 5.74) is 11.4. The van der Waals surface area contributed by atoms with Crippen LogP contribution in [0.1, 0.15) is 69.9 Å². The number of carbonyl (C=O) groups is 2. The molecule has 0 amide bonds.